The summed E-state index contributed by atoms with van der Waals surface area (Å²) < 4.78 is 39.7. The maximum absolute atomic E-state index is 13.7. The molecule has 0 heterocycles. The molecule has 0 saturated carbocycles. The van der Waals surface area contributed by atoms with Gasteiger partial charge in [-0.15, -0.1) is 0 Å². The molecule has 3 nitrogen and oxygen atoms in total. The van der Waals surface area contributed by atoms with Crippen molar-refractivity contribution < 1.29 is 13.0 Å². The molecule has 0 bridgehead atoms. The quantitative estimate of drug-likeness (QED) is 0.886. The van der Waals surface area contributed by atoms with Crippen molar-refractivity contribution in [3.8, 4) is 6.07 Å². The van der Waals surface area contributed by atoms with Crippen LogP contribution in [-0.4, -0.2) is 4.21 Å². The first-order valence-electron chi connectivity index (χ1n) is 6.05. The van der Waals surface area contributed by atoms with Crippen molar-refractivity contribution in [2.24, 2.45) is 0 Å². The number of rotatable bonds is 3. The summed E-state index contributed by atoms with van der Waals surface area (Å²) >= 11 is 0. The van der Waals surface area contributed by atoms with E-state index < -0.39 is 27.3 Å². The van der Waals surface area contributed by atoms with Gasteiger partial charge in [-0.3, -0.25) is 4.21 Å². The summed E-state index contributed by atoms with van der Waals surface area (Å²) in [6.07, 6.45) is 0. The van der Waals surface area contributed by atoms with Crippen LogP contribution in [0.15, 0.2) is 35.2 Å². The molecule has 1 atom stereocenters. The van der Waals surface area contributed by atoms with Gasteiger partial charge in [-0.1, -0.05) is 6.07 Å². The van der Waals surface area contributed by atoms with E-state index in [2.05, 4.69) is 0 Å². The van der Waals surface area contributed by atoms with Crippen LogP contribution in [0.5, 0.6) is 0 Å². The van der Waals surface area contributed by atoms with Gasteiger partial charge in [0.25, 0.3) is 0 Å². The van der Waals surface area contributed by atoms with Crippen LogP contribution in [0.25, 0.3) is 0 Å². The van der Waals surface area contributed by atoms with Crippen LogP contribution in [0, 0.1) is 29.9 Å². The molecule has 2 rings (SSSR count). The van der Waals surface area contributed by atoms with Crippen molar-refractivity contribution in [1.29, 1.82) is 5.26 Å². The van der Waals surface area contributed by atoms with E-state index in [0.717, 1.165) is 17.7 Å². The number of aryl methyl sites for hydroxylation is 1. The minimum absolute atomic E-state index is 0.0324. The third kappa shape index (κ3) is 3.26. The van der Waals surface area contributed by atoms with Gasteiger partial charge in [0.05, 0.1) is 28.2 Å². The van der Waals surface area contributed by atoms with E-state index in [1.54, 1.807) is 25.1 Å². The summed E-state index contributed by atoms with van der Waals surface area (Å²) in [6, 6.07) is 8.74. The first-order valence-corrected chi connectivity index (χ1v) is 7.36. The zero-order chi connectivity index (χ0) is 15.6. The van der Waals surface area contributed by atoms with Gasteiger partial charge in [0.1, 0.15) is 16.5 Å². The van der Waals surface area contributed by atoms with E-state index >= 15 is 0 Å². The summed E-state index contributed by atoms with van der Waals surface area (Å²) in [5.74, 6) is -1.87. The van der Waals surface area contributed by atoms with Crippen LogP contribution in [-0.2, 0) is 16.6 Å². The Balaban J connectivity index is 2.33. The first-order chi connectivity index (χ1) is 9.92. The first kappa shape index (κ1) is 15.1. The standard InChI is InChI=1S/C15H12F2N2OS/c1-9-4-10(7-18)2-3-11(9)8-21(20)15-13(16)5-12(19)6-14(15)17/h2-6H,8,19H2,1H3. The van der Waals surface area contributed by atoms with Crippen LogP contribution in [0.3, 0.4) is 0 Å². The summed E-state index contributed by atoms with van der Waals surface area (Å²) in [5.41, 5.74) is 7.17. The summed E-state index contributed by atoms with van der Waals surface area (Å²) in [6.45, 7) is 1.75. The lowest BCUT2D eigenvalue weighted by molar-refractivity contribution is 0.535. The smallest absolute Gasteiger partial charge is 0.144 e. The van der Waals surface area contributed by atoms with E-state index in [1.165, 1.54) is 0 Å². The largest absolute Gasteiger partial charge is 0.399 e. The molecule has 2 N–H and O–H groups in total. The molecule has 21 heavy (non-hydrogen) atoms. The zero-order valence-corrected chi connectivity index (χ0v) is 12.0. The monoisotopic (exact) mass is 306 g/mol. The van der Waals surface area contributed by atoms with Gasteiger partial charge in [0.15, 0.2) is 0 Å². The van der Waals surface area contributed by atoms with Crippen molar-refractivity contribution >= 4 is 16.5 Å². The van der Waals surface area contributed by atoms with E-state index in [9.17, 15) is 13.0 Å². The molecule has 0 aliphatic rings. The van der Waals surface area contributed by atoms with Crippen molar-refractivity contribution in [1.82, 2.24) is 0 Å². The molecule has 0 aliphatic carbocycles. The molecular formula is C15H12F2N2OS. The molecule has 2 aromatic rings. The fourth-order valence-electron chi connectivity index (χ4n) is 1.94. The molecule has 0 aliphatic heterocycles. The Morgan fingerprint density at radius 1 is 1.24 bits per heavy atom. The highest BCUT2D eigenvalue weighted by Crippen LogP contribution is 2.23. The second-order valence-corrected chi connectivity index (χ2v) is 5.94. The Hall–Kier alpha value is -2.26. The van der Waals surface area contributed by atoms with Gasteiger partial charge in [-0.2, -0.15) is 5.26 Å². The SMILES string of the molecule is Cc1cc(C#N)ccc1CS(=O)c1c(F)cc(N)cc1F. The molecular weight excluding hydrogens is 294 g/mol. The number of nitrogen functional groups attached to an aromatic ring is 1. The van der Waals surface area contributed by atoms with Crippen LogP contribution >= 0.6 is 0 Å². The Morgan fingerprint density at radius 3 is 2.38 bits per heavy atom. The normalized spacial score (nSPS) is 11.9. The molecule has 0 spiro atoms. The molecule has 108 valence electrons. The number of hydrogen-bond acceptors (Lipinski definition) is 3. The van der Waals surface area contributed by atoms with Gasteiger partial charge in [0.2, 0.25) is 0 Å². The third-order valence-electron chi connectivity index (χ3n) is 3.01. The lowest BCUT2D eigenvalue weighted by Crippen LogP contribution is -2.05. The number of halogens is 2. The van der Waals surface area contributed by atoms with Gasteiger partial charge < -0.3 is 5.73 Å². The molecule has 0 saturated heterocycles. The summed E-state index contributed by atoms with van der Waals surface area (Å²) in [4.78, 5) is -0.479. The van der Waals surface area contributed by atoms with Crippen molar-refractivity contribution in [3.05, 3.63) is 58.7 Å². The lowest BCUT2D eigenvalue weighted by atomic mass is 10.1. The second-order valence-electron chi connectivity index (χ2n) is 4.56. The van der Waals surface area contributed by atoms with Gasteiger partial charge in [0, 0.05) is 5.69 Å². The molecule has 6 heteroatoms. The maximum Gasteiger partial charge on any atom is 0.144 e. The average molecular weight is 306 g/mol. The zero-order valence-electron chi connectivity index (χ0n) is 11.2. The van der Waals surface area contributed by atoms with E-state index in [4.69, 9.17) is 11.0 Å². The molecule has 0 fully saturated rings. The number of nitrogens with two attached hydrogens (primary N) is 1. The Labute approximate surface area is 123 Å². The fourth-order valence-corrected chi connectivity index (χ4v) is 3.24. The molecule has 0 aromatic heterocycles. The number of hydrogen-bond donors (Lipinski definition) is 1. The van der Waals surface area contributed by atoms with E-state index in [-0.39, 0.29) is 11.4 Å². The second kappa shape index (κ2) is 6.02. The van der Waals surface area contributed by atoms with Crippen LogP contribution in [0.4, 0.5) is 14.5 Å². The van der Waals surface area contributed by atoms with Crippen molar-refractivity contribution in [2.75, 3.05) is 5.73 Å². The Bertz CT molecular complexity index is 746. The number of anilines is 1. The van der Waals surface area contributed by atoms with Crippen LogP contribution in [0.1, 0.15) is 16.7 Å². The van der Waals surface area contributed by atoms with Crippen LogP contribution in [0.2, 0.25) is 0 Å². The molecule has 1 unspecified atom stereocenters. The van der Waals surface area contributed by atoms with Crippen molar-refractivity contribution in [3.63, 3.8) is 0 Å². The Kier molecular flexibility index (Phi) is 4.34. The molecule has 0 radical (unpaired) electrons. The third-order valence-corrected chi connectivity index (χ3v) is 4.43. The predicted octanol–water partition coefficient (Wildman–Crippen LogP) is 3.03. The minimum atomic E-state index is -1.87. The number of nitriles is 1. The van der Waals surface area contributed by atoms with Crippen molar-refractivity contribution in [2.45, 2.75) is 17.6 Å². The highest BCUT2D eigenvalue weighted by Gasteiger charge is 2.18. The van der Waals surface area contributed by atoms with Gasteiger partial charge >= 0.3 is 0 Å². The highest BCUT2D eigenvalue weighted by atomic mass is 32.2. The van der Waals surface area contributed by atoms with Gasteiger partial charge in [-0.25, -0.2) is 8.78 Å². The topological polar surface area (TPSA) is 66.9 Å². The van der Waals surface area contributed by atoms with E-state index in [0.29, 0.717) is 11.1 Å². The minimum Gasteiger partial charge on any atom is -0.399 e. The highest BCUT2D eigenvalue weighted by molar-refractivity contribution is 7.84. The maximum atomic E-state index is 13.7. The lowest BCUT2D eigenvalue weighted by Gasteiger charge is -2.09. The number of benzene rings is 2. The van der Waals surface area contributed by atoms with E-state index in [1.807, 2.05) is 6.07 Å². The molecule has 0 amide bonds. The van der Waals surface area contributed by atoms with Crippen LogP contribution < -0.4 is 5.73 Å². The number of nitrogens with zero attached hydrogens (tertiary/aromatic N) is 1. The summed E-state index contributed by atoms with van der Waals surface area (Å²) in [7, 11) is -1.87. The fraction of sp³-hybridized carbons (Fsp3) is 0.133. The predicted molar refractivity (Wildman–Crippen MR) is 76.8 cm³/mol. The Morgan fingerprint density at radius 2 is 1.86 bits per heavy atom. The van der Waals surface area contributed by atoms with Gasteiger partial charge in [-0.05, 0) is 42.3 Å². The average Bonchev–Trinajstić information content (AvgIpc) is 2.39. The molecule has 2 aromatic carbocycles. The summed E-state index contributed by atoms with van der Waals surface area (Å²) in [5, 5.41) is 8.79.